The van der Waals surface area contributed by atoms with Crippen molar-refractivity contribution in [3.8, 4) is 0 Å². The van der Waals surface area contributed by atoms with Crippen molar-refractivity contribution in [3.05, 3.63) is 22.4 Å². The molecule has 0 bridgehead atoms. The second-order valence-corrected chi connectivity index (χ2v) is 8.35. The lowest BCUT2D eigenvalue weighted by Gasteiger charge is -2.35. The first-order valence-corrected chi connectivity index (χ1v) is 11.0. The number of rotatable bonds is 7. The normalized spacial score (nSPS) is 21.2. The van der Waals surface area contributed by atoms with Crippen LogP contribution < -0.4 is 5.32 Å². The van der Waals surface area contributed by atoms with Crippen LogP contribution in [0.4, 0.5) is 0 Å². The van der Waals surface area contributed by atoms with Crippen molar-refractivity contribution < 1.29 is 9.47 Å². The number of hydrogen-bond acceptors (Lipinski definition) is 5. The minimum absolute atomic E-state index is 0.370. The second kappa shape index (κ2) is 11.0. The summed E-state index contributed by atoms with van der Waals surface area (Å²) in [5.74, 6) is 1.77. The third kappa shape index (κ3) is 6.17. The van der Waals surface area contributed by atoms with E-state index in [1.54, 1.807) is 0 Å². The summed E-state index contributed by atoms with van der Waals surface area (Å²) in [6.07, 6.45) is 3.59. The molecule has 0 amide bonds. The number of hydrogen-bond donors (Lipinski definition) is 1. The Bertz CT molecular complexity index is 554. The predicted molar refractivity (Wildman–Crippen MR) is 112 cm³/mol. The summed E-state index contributed by atoms with van der Waals surface area (Å²) in [5, 5.41) is 5.78. The molecule has 2 aliphatic heterocycles. The van der Waals surface area contributed by atoms with Gasteiger partial charge >= 0.3 is 0 Å². The fourth-order valence-corrected chi connectivity index (χ4v) is 4.73. The molecule has 2 aliphatic rings. The Morgan fingerprint density at radius 1 is 1.30 bits per heavy atom. The Morgan fingerprint density at radius 3 is 2.70 bits per heavy atom. The SMILES string of the molecule is CN=C(NCC(c1cccs1)N1CCOCC1)N(C)CCC1CCOCC1. The summed E-state index contributed by atoms with van der Waals surface area (Å²) >= 11 is 1.83. The van der Waals surface area contributed by atoms with Crippen LogP contribution in [0.15, 0.2) is 22.5 Å². The van der Waals surface area contributed by atoms with Crippen molar-refractivity contribution in [1.29, 1.82) is 0 Å². The highest BCUT2D eigenvalue weighted by molar-refractivity contribution is 7.10. The van der Waals surface area contributed by atoms with Gasteiger partial charge in [-0.25, -0.2) is 0 Å². The van der Waals surface area contributed by atoms with Crippen molar-refractivity contribution in [3.63, 3.8) is 0 Å². The van der Waals surface area contributed by atoms with Gasteiger partial charge in [-0.3, -0.25) is 9.89 Å². The van der Waals surface area contributed by atoms with E-state index in [0.29, 0.717) is 6.04 Å². The molecule has 1 unspecified atom stereocenters. The molecule has 1 aromatic rings. The van der Waals surface area contributed by atoms with Gasteiger partial charge in [0.1, 0.15) is 0 Å². The smallest absolute Gasteiger partial charge is 0.193 e. The lowest BCUT2D eigenvalue weighted by atomic mass is 9.96. The lowest BCUT2D eigenvalue weighted by Crippen LogP contribution is -2.46. The molecule has 3 heterocycles. The van der Waals surface area contributed by atoms with E-state index < -0.39 is 0 Å². The second-order valence-electron chi connectivity index (χ2n) is 7.37. The molecule has 0 aromatic carbocycles. The minimum atomic E-state index is 0.370. The molecule has 6 nitrogen and oxygen atoms in total. The van der Waals surface area contributed by atoms with Crippen LogP contribution in [0.2, 0.25) is 0 Å². The van der Waals surface area contributed by atoms with Crippen LogP contribution >= 0.6 is 11.3 Å². The molecule has 27 heavy (non-hydrogen) atoms. The van der Waals surface area contributed by atoms with Gasteiger partial charge in [-0.2, -0.15) is 0 Å². The zero-order chi connectivity index (χ0) is 18.9. The fourth-order valence-electron chi connectivity index (χ4n) is 3.87. The molecule has 0 aliphatic carbocycles. The molecule has 1 aromatic heterocycles. The largest absolute Gasteiger partial charge is 0.381 e. The Kier molecular flexibility index (Phi) is 8.38. The Labute approximate surface area is 167 Å². The maximum absolute atomic E-state index is 5.54. The van der Waals surface area contributed by atoms with Crippen LogP contribution in [0.1, 0.15) is 30.2 Å². The molecule has 1 atom stereocenters. The monoisotopic (exact) mass is 394 g/mol. The number of nitrogens with one attached hydrogen (secondary N) is 1. The van der Waals surface area contributed by atoms with Crippen LogP contribution in [0.3, 0.4) is 0 Å². The Balaban J connectivity index is 1.52. The van der Waals surface area contributed by atoms with Gasteiger partial charge in [0.05, 0.1) is 19.3 Å². The molecule has 0 radical (unpaired) electrons. The predicted octanol–water partition coefficient (Wildman–Crippen LogP) is 2.45. The molecular formula is C20H34N4O2S. The molecular weight excluding hydrogens is 360 g/mol. The quantitative estimate of drug-likeness (QED) is 0.569. The average Bonchev–Trinajstić information content (AvgIpc) is 3.25. The topological polar surface area (TPSA) is 49.3 Å². The van der Waals surface area contributed by atoms with Gasteiger partial charge in [-0.15, -0.1) is 11.3 Å². The summed E-state index contributed by atoms with van der Waals surface area (Å²) in [5.41, 5.74) is 0. The van der Waals surface area contributed by atoms with E-state index in [-0.39, 0.29) is 0 Å². The van der Waals surface area contributed by atoms with Crippen LogP contribution in [-0.4, -0.2) is 82.5 Å². The molecule has 1 N–H and O–H groups in total. The van der Waals surface area contributed by atoms with Crippen LogP contribution in [0.25, 0.3) is 0 Å². The van der Waals surface area contributed by atoms with Crippen molar-refractivity contribution in [2.75, 3.05) is 66.7 Å². The Hall–Kier alpha value is -1.15. The first kappa shape index (κ1) is 20.6. The first-order chi connectivity index (χ1) is 13.3. The van der Waals surface area contributed by atoms with E-state index in [0.717, 1.165) is 64.5 Å². The summed E-state index contributed by atoms with van der Waals surface area (Å²) in [7, 11) is 4.02. The summed E-state index contributed by atoms with van der Waals surface area (Å²) in [6.45, 7) is 7.36. The molecule has 7 heteroatoms. The van der Waals surface area contributed by atoms with E-state index in [2.05, 4.69) is 44.7 Å². The molecule has 2 saturated heterocycles. The van der Waals surface area contributed by atoms with Crippen molar-refractivity contribution in [1.82, 2.24) is 15.1 Å². The number of aliphatic imine (C=N–C) groups is 1. The summed E-state index contributed by atoms with van der Waals surface area (Å²) < 4.78 is 11.0. The van der Waals surface area contributed by atoms with Gasteiger partial charge in [0.15, 0.2) is 5.96 Å². The van der Waals surface area contributed by atoms with Crippen molar-refractivity contribution in [2.45, 2.75) is 25.3 Å². The van der Waals surface area contributed by atoms with Gasteiger partial charge in [-0.1, -0.05) is 6.07 Å². The van der Waals surface area contributed by atoms with Crippen molar-refractivity contribution in [2.24, 2.45) is 10.9 Å². The number of guanidine groups is 1. The van der Waals surface area contributed by atoms with E-state index in [1.807, 2.05) is 18.4 Å². The van der Waals surface area contributed by atoms with Gasteiger partial charge in [0, 0.05) is 58.4 Å². The number of morpholine rings is 1. The highest BCUT2D eigenvalue weighted by Crippen LogP contribution is 2.25. The maximum atomic E-state index is 5.54. The van der Waals surface area contributed by atoms with Gasteiger partial charge < -0.3 is 19.7 Å². The Morgan fingerprint density at radius 2 is 2.04 bits per heavy atom. The first-order valence-electron chi connectivity index (χ1n) is 10.1. The van der Waals surface area contributed by atoms with Gasteiger partial charge in [0.25, 0.3) is 0 Å². The molecule has 0 saturated carbocycles. The molecule has 152 valence electrons. The minimum Gasteiger partial charge on any atom is -0.381 e. The van der Waals surface area contributed by atoms with E-state index in [1.165, 1.54) is 24.1 Å². The molecule has 2 fully saturated rings. The van der Waals surface area contributed by atoms with Gasteiger partial charge in [-0.05, 0) is 36.6 Å². The van der Waals surface area contributed by atoms with Crippen LogP contribution in [-0.2, 0) is 9.47 Å². The summed E-state index contributed by atoms with van der Waals surface area (Å²) in [6, 6.07) is 4.75. The van der Waals surface area contributed by atoms with E-state index in [9.17, 15) is 0 Å². The standard InChI is InChI=1S/C20H34N4O2S/c1-21-20(23(2)8-5-17-6-11-25-12-7-17)22-16-18(19-4-3-15-27-19)24-9-13-26-14-10-24/h3-4,15,17-18H,5-14,16H2,1-2H3,(H,21,22). The highest BCUT2D eigenvalue weighted by atomic mass is 32.1. The molecule has 3 rings (SSSR count). The zero-order valence-electron chi connectivity index (χ0n) is 16.7. The highest BCUT2D eigenvalue weighted by Gasteiger charge is 2.24. The zero-order valence-corrected chi connectivity index (χ0v) is 17.5. The average molecular weight is 395 g/mol. The molecule has 0 spiro atoms. The van der Waals surface area contributed by atoms with Gasteiger partial charge in [0.2, 0.25) is 0 Å². The van der Waals surface area contributed by atoms with Crippen molar-refractivity contribution >= 4 is 17.3 Å². The van der Waals surface area contributed by atoms with E-state index in [4.69, 9.17) is 9.47 Å². The van der Waals surface area contributed by atoms with Crippen LogP contribution in [0, 0.1) is 5.92 Å². The number of ether oxygens (including phenoxy) is 2. The third-order valence-electron chi connectivity index (χ3n) is 5.60. The maximum Gasteiger partial charge on any atom is 0.193 e. The summed E-state index contributed by atoms with van der Waals surface area (Å²) in [4.78, 5) is 10.7. The number of nitrogens with zero attached hydrogens (tertiary/aromatic N) is 3. The lowest BCUT2D eigenvalue weighted by molar-refractivity contribution is 0.0176. The number of thiophene rings is 1. The van der Waals surface area contributed by atoms with E-state index >= 15 is 0 Å². The third-order valence-corrected chi connectivity index (χ3v) is 6.57. The van der Waals surface area contributed by atoms with Crippen LogP contribution in [0.5, 0.6) is 0 Å². The fraction of sp³-hybridized carbons (Fsp3) is 0.750.